The van der Waals surface area contributed by atoms with Gasteiger partial charge in [-0.1, -0.05) is 18.2 Å². The van der Waals surface area contributed by atoms with Crippen LogP contribution in [-0.2, 0) is 33.6 Å². The second kappa shape index (κ2) is 8.23. The van der Waals surface area contributed by atoms with E-state index < -0.39 is 23.9 Å². The van der Waals surface area contributed by atoms with Crippen molar-refractivity contribution in [2.45, 2.75) is 25.3 Å². The third kappa shape index (κ3) is 6.24. The highest BCUT2D eigenvalue weighted by Crippen LogP contribution is 2.15. The summed E-state index contributed by atoms with van der Waals surface area (Å²) in [6.45, 7) is 0. The number of benzene rings is 1. The van der Waals surface area contributed by atoms with Gasteiger partial charge in [0.15, 0.2) is 6.04 Å². The molecule has 0 spiro atoms. The Bertz CT molecular complexity index is 545. The van der Waals surface area contributed by atoms with Gasteiger partial charge in [-0.25, -0.2) is 4.79 Å². The molecule has 0 heterocycles. The summed E-state index contributed by atoms with van der Waals surface area (Å²) in [6.07, 6.45) is -0.406. The molecule has 0 aliphatic rings. The highest BCUT2D eigenvalue weighted by molar-refractivity contribution is 5.75. The van der Waals surface area contributed by atoms with E-state index in [1.54, 1.807) is 6.07 Å². The van der Waals surface area contributed by atoms with Crippen molar-refractivity contribution in [3.05, 3.63) is 34.9 Å². The Labute approximate surface area is 126 Å². The lowest BCUT2D eigenvalue weighted by atomic mass is 9.96. The zero-order valence-corrected chi connectivity index (χ0v) is 11.8. The SMILES string of the molecule is [Cl-].[NH3+]C(Cc1ccc(CC(=O)O)c(CC(=O)O)c1)C(=O)O. The molecule has 6 N–H and O–H groups in total. The van der Waals surface area contributed by atoms with Crippen molar-refractivity contribution in [1.82, 2.24) is 0 Å². The Kier molecular flexibility index (Phi) is 7.40. The van der Waals surface area contributed by atoms with Crippen molar-refractivity contribution in [3.63, 3.8) is 0 Å². The van der Waals surface area contributed by atoms with E-state index >= 15 is 0 Å². The molecule has 0 radical (unpaired) electrons. The average Bonchev–Trinajstić information content (AvgIpc) is 2.31. The molecule has 0 bridgehead atoms. The Morgan fingerprint density at radius 1 is 1.00 bits per heavy atom. The van der Waals surface area contributed by atoms with E-state index in [2.05, 4.69) is 5.73 Å². The molecule has 0 saturated heterocycles. The van der Waals surface area contributed by atoms with E-state index in [0.717, 1.165) is 0 Å². The van der Waals surface area contributed by atoms with Crippen molar-refractivity contribution < 1.29 is 47.8 Å². The predicted octanol–water partition coefficient (Wildman–Crippen LogP) is -3.82. The molecule has 1 unspecified atom stereocenters. The van der Waals surface area contributed by atoms with E-state index in [0.29, 0.717) is 16.7 Å². The summed E-state index contributed by atoms with van der Waals surface area (Å²) in [5.41, 5.74) is 4.91. The van der Waals surface area contributed by atoms with Gasteiger partial charge in [0.25, 0.3) is 0 Å². The monoisotopic (exact) mass is 317 g/mol. The topological polar surface area (TPSA) is 140 Å². The van der Waals surface area contributed by atoms with E-state index in [1.807, 2.05) is 0 Å². The quantitative estimate of drug-likeness (QED) is 0.406. The van der Waals surface area contributed by atoms with Crippen LogP contribution in [0.2, 0.25) is 0 Å². The summed E-state index contributed by atoms with van der Waals surface area (Å²) < 4.78 is 0. The van der Waals surface area contributed by atoms with Crippen LogP contribution in [0.4, 0.5) is 0 Å². The number of hydrogen-bond acceptors (Lipinski definition) is 3. The maximum Gasteiger partial charge on any atom is 0.362 e. The molecule has 1 aromatic rings. The third-order valence-electron chi connectivity index (χ3n) is 2.79. The average molecular weight is 318 g/mol. The molecule has 21 heavy (non-hydrogen) atoms. The summed E-state index contributed by atoms with van der Waals surface area (Å²) in [5, 5.41) is 26.4. The Morgan fingerprint density at radius 2 is 1.52 bits per heavy atom. The van der Waals surface area contributed by atoms with Crippen LogP contribution in [0.5, 0.6) is 0 Å². The van der Waals surface area contributed by atoms with Crippen LogP contribution in [0.1, 0.15) is 16.7 Å². The lowest BCUT2D eigenvalue weighted by molar-refractivity contribution is -0.407. The lowest BCUT2D eigenvalue weighted by Gasteiger charge is -2.10. The van der Waals surface area contributed by atoms with Gasteiger partial charge in [0.2, 0.25) is 0 Å². The second-order valence-electron chi connectivity index (χ2n) is 4.48. The van der Waals surface area contributed by atoms with Crippen LogP contribution in [-0.4, -0.2) is 39.3 Å². The van der Waals surface area contributed by atoms with Gasteiger partial charge in [-0.05, 0) is 16.7 Å². The van der Waals surface area contributed by atoms with Crippen molar-refractivity contribution in [3.8, 4) is 0 Å². The molecule has 0 saturated carbocycles. The molecular formula is C13H16ClNO6. The van der Waals surface area contributed by atoms with Gasteiger partial charge >= 0.3 is 17.9 Å². The first-order valence-corrected chi connectivity index (χ1v) is 5.89. The molecule has 7 nitrogen and oxygen atoms in total. The van der Waals surface area contributed by atoms with Gasteiger partial charge in [0.1, 0.15) is 0 Å². The number of rotatable bonds is 7. The molecule has 0 aliphatic carbocycles. The highest BCUT2D eigenvalue weighted by atomic mass is 35.5. The van der Waals surface area contributed by atoms with Gasteiger partial charge in [0, 0.05) is 6.42 Å². The summed E-state index contributed by atoms with van der Waals surface area (Å²) in [5.74, 6) is -3.16. The molecule has 1 aromatic carbocycles. The van der Waals surface area contributed by atoms with Crippen molar-refractivity contribution in [2.75, 3.05) is 0 Å². The largest absolute Gasteiger partial charge is 1.00 e. The first-order valence-electron chi connectivity index (χ1n) is 5.89. The molecular weight excluding hydrogens is 302 g/mol. The minimum absolute atomic E-state index is 0. The highest BCUT2D eigenvalue weighted by Gasteiger charge is 2.18. The van der Waals surface area contributed by atoms with Crippen LogP contribution >= 0.6 is 0 Å². The molecule has 116 valence electrons. The molecule has 1 rings (SSSR count). The van der Waals surface area contributed by atoms with Crippen LogP contribution < -0.4 is 18.1 Å². The van der Waals surface area contributed by atoms with Crippen LogP contribution in [0.3, 0.4) is 0 Å². The summed E-state index contributed by atoms with van der Waals surface area (Å²) >= 11 is 0. The molecule has 0 amide bonds. The number of hydrogen-bond donors (Lipinski definition) is 4. The second-order valence-corrected chi connectivity index (χ2v) is 4.48. The number of carboxylic acid groups (broad SMARTS) is 3. The number of aliphatic carboxylic acids is 3. The van der Waals surface area contributed by atoms with Gasteiger partial charge in [0.05, 0.1) is 12.8 Å². The molecule has 0 aromatic heterocycles. The first-order chi connectivity index (χ1) is 9.29. The standard InChI is InChI=1S/C13H15NO6.ClH/c14-10(13(19)20)4-7-1-2-8(5-11(15)16)9(3-7)6-12(17)18;/h1-3,10H,4-6,14H2,(H,15,16)(H,17,18)(H,19,20);1H. The van der Waals surface area contributed by atoms with Gasteiger partial charge in [-0.2, -0.15) is 0 Å². The normalized spacial score (nSPS) is 11.3. The minimum Gasteiger partial charge on any atom is -1.00 e. The fourth-order valence-corrected chi connectivity index (χ4v) is 1.84. The maximum atomic E-state index is 10.8. The van der Waals surface area contributed by atoms with Crippen LogP contribution in [0, 0.1) is 0 Å². The number of quaternary nitrogens is 1. The fraction of sp³-hybridized carbons (Fsp3) is 0.308. The summed E-state index contributed by atoms with van der Waals surface area (Å²) in [6, 6.07) is 3.83. The van der Waals surface area contributed by atoms with Crippen LogP contribution in [0.15, 0.2) is 18.2 Å². The smallest absolute Gasteiger partial charge is 0.362 e. The third-order valence-corrected chi connectivity index (χ3v) is 2.79. The lowest BCUT2D eigenvalue weighted by Crippen LogP contribution is -3.00. The zero-order chi connectivity index (χ0) is 15.3. The summed E-state index contributed by atoms with van der Waals surface area (Å²) in [4.78, 5) is 32.3. The fourth-order valence-electron chi connectivity index (χ4n) is 1.84. The predicted molar refractivity (Wildman–Crippen MR) is 67.1 cm³/mol. The Balaban J connectivity index is 0.00000400. The molecule has 0 aliphatic heterocycles. The summed E-state index contributed by atoms with van der Waals surface area (Å²) in [7, 11) is 0. The Hall–Kier alpha value is -2.12. The van der Waals surface area contributed by atoms with E-state index in [1.165, 1.54) is 12.1 Å². The van der Waals surface area contributed by atoms with Crippen molar-refractivity contribution >= 4 is 17.9 Å². The van der Waals surface area contributed by atoms with Gasteiger partial charge in [-0.3, -0.25) is 9.59 Å². The van der Waals surface area contributed by atoms with Crippen molar-refractivity contribution in [2.24, 2.45) is 0 Å². The Morgan fingerprint density at radius 3 is 2.00 bits per heavy atom. The van der Waals surface area contributed by atoms with Gasteiger partial charge in [-0.15, -0.1) is 0 Å². The number of carboxylic acids is 3. The molecule has 0 fully saturated rings. The number of halogens is 1. The molecule has 1 atom stereocenters. The first kappa shape index (κ1) is 18.9. The van der Waals surface area contributed by atoms with E-state index in [4.69, 9.17) is 15.3 Å². The zero-order valence-electron chi connectivity index (χ0n) is 11.1. The van der Waals surface area contributed by atoms with E-state index in [-0.39, 0.29) is 31.7 Å². The van der Waals surface area contributed by atoms with E-state index in [9.17, 15) is 14.4 Å². The minimum atomic E-state index is -1.07. The molecule has 8 heteroatoms. The van der Waals surface area contributed by atoms with Crippen LogP contribution in [0.25, 0.3) is 0 Å². The maximum absolute atomic E-state index is 10.8. The van der Waals surface area contributed by atoms with Crippen molar-refractivity contribution in [1.29, 1.82) is 0 Å². The number of carbonyl (C=O) groups is 3. The van der Waals surface area contributed by atoms with Gasteiger partial charge < -0.3 is 33.5 Å².